The number of methoxy groups -OCH3 is 1. The second kappa shape index (κ2) is 9.87. The molecule has 0 saturated heterocycles. The Balaban J connectivity index is 2.42. The first-order valence-corrected chi connectivity index (χ1v) is 10.6. The van der Waals surface area contributed by atoms with Gasteiger partial charge in [0.05, 0.1) is 24.0 Å². The standard InChI is InChI=1S/C20H22ClNO6S/c1-13-3-9-16(10-4-13)29(26,27)22-19(14-5-7-15(21)8-6-14)17(20(24)25)11-12-18(23)28-2/h3-10,17,19,22H,11-12H2,1-2H3,(H,24,25)/t17-,19-/m0/s1. The van der Waals surface area contributed by atoms with Crippen LogP contribution < -0.4 is 4.72 Å². The van der Waals surface area contributed by atoms with E-state index in [4.69, 9.17) is 11.6 Å². The van der Waals surface area contributed by atoms with Crippen LogP contribution in [0.1, 0.15) is 30.0 Å². The minimum Gasteiger partial charge on any atom is -0.481 e. The highest BCUT2D eigenvalue weighted by Crippen LogP contribution is 2.29. The first-order chi connectivity index (χ1) is 13.6. The summed E-state index contributed by atoms with van der Waals surface area (Å²) in [5.74, 6) is -3.01. The lowest BCUT2D eigenvalue weighted by Crippen LogP contribution is -2.37. The minimum absolute atomic E-state index is 0.0131. The zero-order valence-corrected chi connectivity index (χ0v) is 17.5. The van der Waals surface area contributed by atoms with Crippen LogP contribution in [-0.4, -0.2) is 32.6 Å². The van der Waals surface area contributed by atoms with E-state index in [-0.39, 0.29) is 17.7 Å². The molecule has 0 aliphatic heterocycles. The van der Waals surface area contributed by atoms with Gasteiger partial charge in [-0.05, 0) is 43.2 Å². The van der Waals surface area contributed by atoms with Crippen LogP contribution in [0, 0.1) is 12.8 Å². The van der Waals surface area contributed by atoms with E-state index in [0.717, 1.165) is 5.56 Å². The number of nitrogens with one attached hydrogen (secondary N) is 1. The number of carboxylic acid groups (broad SMARTS) is 1. The summed E-state index contributed by atoms with van der Waals surface area (Å²) in [6, 6.07) is 11.3. The van der Waals surface area contributed by atoms with Crippen molar-refractivity contribution in [3.8, 4) is 0 Å². The van der Waals surface area contributed by atoms with Crippen molar-refractivity contribution in [1.82, 2.24) is 4.72 Å². The second-order valence-electron chi connectivity index (χ2n) is 6.52. The van der Waals surface area contributed by atoms with E-state index in [1.807, 2.05) is 6.92 Å². The van der Waals surface area contributed by atoms with Crippen molar-refractivity contribution >= 4 is 33.6 Å². The summed E-state index contributed by atoms with van der Waals surface area (Å²) >= 11 is 5.91. The molecular weight excluding hydrogens is 418 g/mol. The predicted molar refractivity (Wildman–Crippen MR) is 108 cm³/mol. The van der Waals surface area contributed by atoms with Crippen LogP contribution in [0.3, 0.4) is 0 Å². The first kappa shape index (κ1) is 22.9. The van der Waals surface area contributed by atoms with Gasteiger partial charge in [-0.3, -0.25) is 9.59 Å². The summed E-state index contributed by atoms with van der Waals surface area (Å²) in [5.41, 5.74) is 1.31. The van der Waals surface area contributed by atoms with Crippen LogP contribution in [0.4, 0.5) is 0 Å². The van der Waals surface area contributed by atoms with Crippen LogP contribution in [0.25, 0.3) is 0 Å². The highest BCUT2D eigenvalue weighted by atomic mass is 35.5. The molecule has 2 aromatic carbocycles. The third-order valence-electron chi connectivity index (χ3n) is 4.45. The number of ether oxygens (including phenoxy) is 1. The summed E-state index contributed by atoms with van der Waals surface area (Å²) in [7, 11) is -2.82. The van der Waals surface area contributed by atoms with Crippen molar-refractivity contribution in [3.05, 3.63) is 64.7 Å². The Morgan fingerprint density at radius 3 is 2.21 bits per heavy atom. The molecule has 0 amide bonds. The molecule has 2 rings (SSSR count). The summed E-state index contributed by atoms with van der Waals surface area (Å²) < 4.78 is 32.8. The van der Waals surface area contributed by atoms with Gasteiger partial charge >= 0.3 is 11.9 Å². The van der Waals surface area contributed by atoms with Gasteiger partial charge < -0.3 is 9.84 Å². The van der Waals surface area contributed by atoms with Gasteiger partial charge in [0.1, 0.15) is 0 Å². The topological polar surface area (TPSA) is 110 Å². The van der Waals surface area contributed by atoms with Crippen molar-refractivity contribution < 1.29 is 27.9 Å². The molecule has 0 radical (unpaired) electrons. The lowest BCUT2D eigenvalue weighted by Gasteiger charge is -2.25. The van der Waals surface area contributed by atoms with E-state index in [0.29, 0.717) is 10.6 Å². The third kappa shape index (κ3) is 6.28. The number of esters is 1. The molecule has 0 saturated carbocycles. The van der Waals surface area contributed by atoms with E-state index in [1.165, 1.54) is 19.2 Å². The average Bonchev–Trinajstić information content (AvgIpc) is 2.67. The van der Waals surface area contributed by atoms with Crippen LogP contribution in [-0.2, 0) is 24.3 Å². The molecule has 0 bridgehead atoms. The molecule has 0 unspecified atom stereocenters. The molecule has 0 aliphatic rings. The number of aliphatic carboxylic acids is 1. The van der Waals surface area contributed by atoms with Gasteiger partial charge in [0.15, 0.2) is 0 Å². The normalized spacial score (nSPS) is 13.5. The molecule has 0 aromatic heterocycles. The lowest BCUT2D eigenvalue weighted by atomic mass is 9.90. The molecule has 2 atom stereocenters. The van der Waals surface area contributed by atoms with Crippen LogP contribution in [0.15, 0.2) is 53.4 Å². The molecule has 2 N–H and O–H groups in total. The van der Waals surface area contributed by atoms with Gasteiger partial charge in [-0.15, -0.1) is 0 Å². The smallest absolute Gasteiger partial charge is 0.308 e. The summed E-state index contributed by atoms with van der Waals surface area (Å²) in [4.78, 5) is 23.5. The van der Waals surface area contributed by atoms with Crippen LogP contribution >= 0.6 is 11.6 Å². The Labute approximate surface area is 174 Å². The monoisotopic (exact) mass is 439 g/mol. The van der Waals surface area contributed by atoms with Crippen molar-refractivity contribution in [2.45, 2.75) is 30.7 Å². The Kier molecular flexibility index (Phi) is 7.78. The SMILES string of the molecule is COC(=O)CC[C@H](C(=O)O)[C@@H](NS(=O)(=O)c1ccc(C)cc1)c1ccc(Cl)cc1. The van der Waals surface area contributed by atoms with Crippen molar-refractivity contribution in [3.63, 3.8) is 0 Å². The Hall–Kier alpha value is -2.42. The fourth-order valence-corrected chi connectivity index (χ4v) is 4.20. The molecule has 2 aromatic rings. The number of sulfonamides is 1. The molecule has 9 heteroatoms. The number of hydrogen-bond acceptors (Lipinski definition) is 5. The van der Waals surface area contributed by atoms with E-state index in [1.54, 1.807) is 36.4 Å². The molecule has 0 heterocycles. The maximum absolute atomic E-state index is 12.9. The minimum atomic E-state index is -4.02. The van der Waals surface area contributed by atoms with E-state index >= 15 is 0 Å². The van der Waals surface area contributed by atoms with Gasteiger partial charge in [-0.25, -0.2) is 13.1 Å². The number of rotatable bonds is 9. The van der Waals surface area contributed by atoms with E-state index < -0.39 is 33.9 Å². The molecule has 0 aliphatic carbocycles. The molecule has 0 spiro atoms. The quantitative estimate of drug-likeness (QED) is 0.580. The number of carbonyl (C=O) groups excluding carboxylic acids is 1. The molecule has 7 nitrogen and oxygen atoms in total. The summed E-state index contributed by atoms with van der Waals surface area (Å²) in [6.07, 6.45) is -0.268. The lowest BCUT2D eigenvalue weighted by molar-refractivity contribution is -0.144. The van der Waals surface area contributed by atoms with E-state index in [2.05, 4.69) is 9.46 Å². The molecule has 0 fully saturated rings. The average molecular weight is 440 g/mol. The predicted octanol–water partition coefficient (Wildman–Crippen LogP) is 3.32. The molecule has 156 valence electrons. The third-order valence-corrected chi connectivity index (χ3v) is 6.16. The van der Waals surface area contributed by atoms with Crippen molar-refractivity contribution in [2.75, 3.05) is 7.11 Å². The molecular formula is C20H22ClNO6S. The Bertz CT molecular complexity index is 957. The van der Waals surface area contributed by atoms with Gasteiger partial charge in [0, 0.05) is 11.4 Å². The Morgan fingerprint density at radius 2 is 1.69 bits per heavy atom. The fourth-order valence-electron chi connectivity index (χ4n) is 2.81. The van der Waals surface area contributed by atoms with Gasteiger partial charge in [-0.1, -0.05) is 41.4 Å². The van der Waals surface area contributed by atoms with Crippen molar-refractivity contribution in [1.29, 1.82) is 0 Å². The van der Waals surface area contributed by atoms with Crippen LogP contribution in [0.5, 0.6) is 0 Å². The highest BCUT2D eigenvalue weighted by molar-refractivity contribution is 7.89. The highest BCUT2D eigenvalue weighted by Gasteiger charge is 2.33. The van der Waals surface area contributed by atoms with Gasteiger partial charge in [-0.2, -0.15) is 0 Å². The van der Waals surface area contributed by atoms with Crippen molar-refractivity contribution in [2.24, 2.45) is 5.92 Å². The van der Waals surface area contributed by atoms with Crippen LogP contribution in [0.2, 0.25) is 5.02 Å². The van der Waals surface area contributed by atoms with Gasteiger partial charge in [0.25, 0.3) is 0 Å². The molecule has 29 heavy (non-hydrogen) atoms. The first-order valence-electron chi connectivity index (χ1n) is 8.78. The number of carbonyl (C=O) groups is 2. The fraction of sp³-hybridized carbons (Fsp3) is 0.300. The zero-order valence-electron chi connectivity index (χ0n) is 16.0. The number of aryl methyl sites for hydroxylation is 1. The Morgan fingerprint density at radius 1 is 1.10 bits per heavy atom. The number of benzene rings is 2. The summed E-state index contributed by atoms with van der Waals surface area (Å²) in [6.45, 7) is 1.83. The van der Waals surface area contributed by atoms with Gasteiger partial charge in [0.2, 0.25) is 10.0 Å². The largest absolute Gasteiger partial charge is 0.481 e. The maximum atomic E-state index is 12.9. The second-order valence-corrected chi connectivity index (χ2v) is 8.67. The number of carboxylic acids is 1. The zero-order chi connectivity index (χ0) is 21.6. The van der Waals surface area contributed by atoms with E-state index in [9.17, 15) is 23.1 Å². The maximum Gasteiger partial charge on any atom is 0.308 e. The summed E-state index contributed by atoms with van der Waals surface area (Å²) in [5, 5.41) is 10.2. The number of hydrogen-bond donors (Lipinski definition) is 2. The number of halogens is 1.